The summed E-state index contributed by atoms with van der Waals surface area (Å²) in [6.07, 6.45) is -2.65. The van der Waals surface area contributed by atoms with Gasteiger partial charge in [-0.1, -0.05) is 23.7 Å². The zero-order valence-electron chi connectivity index (χ0n) is 7.93. The van der Waals surface area contributed by atoms with Crippen molar-refractivity contribution in [1.29, 1.82) is 0 Å². The number of carbonyl (C=O) groups is 1. The fourth-order valence-corrected chi connectivity index (χ4v) is 1.43. The van der Waals surface area contributed by atoms with Crippen LogP contribution in [-0.2, 0) is 4.79 Å². The molecule has 4 N–H and O–H groups in total. The number of hydrogen-bond acceptors (Lipinski definition) is 3. The minimum Gasteiger partial charge on any atom is -0.390 e. The number of halogens is 1. The van der Waals surface area contributed by atoms with Crippen molar-refractivity contribution in [2.24, 2.45) is 5.73 Å². The van der Waals surface area contributed by atoms with Gasteiger partial charge in [0.2, 0.25) is 5.91 Å². The smallest absolute Gasteiger partial charge is 0.220 e. The molecule has 2 unspecified atom stereocenters. The van der Waals surface area contributed by atoms with Crippen LogP contribution < -0.4 is 5.73 Å². The molecular weight excluding hydrogens is 218 g/mol. The summed E-state index contributed by atoms with van der Waals surface area (Å²) in [6, 6.07) is 6.44. The Morgan fingerprint density at radius 2 is 2.13 bits per heavy atom. The molecule has 82 valence electrons. The molecule has 15 heavy (non-hydrogen) atoms. The van der Waals surface area contributed by atoms with Crippen molar-refractivity contribution < 1.29 is 15.0 Å². The lowest BCUT2D eigenvalue weighted by atomic mass is 10.0. The number of amides is 1. The third-order valence-corrected chi connectivity index (χ3v) is 2.20. The van der Waals surface area contributed by atoms with Crippen LogP contribution in [-0.4, -0.2) is 22.2 Å². The first kappa shape index (κ1) is 12.0. The van der Waals surface area contributed by atoms with E-state index in [1.807, 2.05) is 0 Å². The molecule has 0 bridgehead atoms. The molecule has 0 spiro atoms. The third-order valence-electron chi connectivity index (χ3n) is 1.96. The van der Waals surface area contributed by atoms with Gasteiger partial charge >= 0.3 is 0 Å². The Morgan fingerprint density at radius 1 is 1.47 bits per heavy atom. The van der Waals surface area contributed by atoms with Crippen molar-refractivity contribution in [3.63, 3.8) is 0 Å². The normalized spacial score (nSPS) is 14.6. The monoisotopic (exact) mass is 229 g/mol. The van der Waals surface area contributed by atoms with E-state index in [1.165, 1.54) is 6.07 Å². The summed E-state index contributed by atoms with van der Waals surface area (Å²) in [5.74, 6) is -0.663. The number of benzene rings is 1. The molecule has 1 aromatic rings. The maximum Gasteiger partial charge on any atom is 0.220 e. The van der Waals surface area contributed by atoms with Crippen molar-refractivity contribution in [3.05, 3.63) is 34.9 Å². The van der Waals surface area contributed by atoms with E-state index >= 15 is 0 Å². The molecule has 0 saturated heterocycles. The second-order valence-electron chi connectivity index (χ2n) is 3.24. The maximum atomic E-state index is 10.5. The molecule has 5 heteroatoms. The summed E-state index contributed by atoms with van der Waals surface area (Å²) in [4.78, 5) is 10.5. The molecule has 0 aromatic heterocycles. The van der Waals surface area contributed by atoms with E-state index in [0.717, 1.165) is 0 Å². The highest BCUT2D eigenvalue weighted by atomic mass is 35.5. The Labute approximate surface area is 92.3 Å². The van der Waals surface area contributed by atoms with Gasteiger partial charge in [-0.05, 0) is 17.7 Å². The second kappa shape index (κ2) is 5.11. The van der Waals surface area contributed by atoms with Crippen LogP contribution in [0, 0.1) is 0 Å². The topological polar surface area (TPSA) is 83.6 Å². The number of rotatable bonds is 4. The van der Waals surface area contributed by atoms with Crippen LogP contribution in [0.2, 0.25) is 5.02 Å². The van der Waals surface area contributed by atoms with Crippen LogP contribution in [0.1, 0.15) is 18.1 Å². The molecule has 0 heterocycles. The fourth-order valence-electron chi connectivity index (χ4n) is 1.23. The molecule has 4 nitrogen and oxygen atoms in total. The predicted octanol–water partition coefficient (Wildman–Crippen LogP) is 0.610. The van der Waals surface area contributed by atoms with Gasteiger partial charge in [-0.2, -0.15) is 0 Å². The zero-order valence-corrected chi connectivity index (χ0v) is 8.69. The first-order chi connectivity index (χ1) is 7.00. The molecule has 0 fully saturated rings. The van der Waals surface area contributed by atoms with Crippen molar-refractivity contribution >= 4 is 17.5 Å². The van der Waals surface area contributed by atoms with Gasteiger partial charge in [0.15, 0.2) is 0 Å². The van der Waals surface area contributed by atoms with E-state index in [1.54, 1.807) is 18.2 Å². The molecular formula is C10H12ClNO3. The van der Waals surface area contributed by atoms with Gasteiger partial charge in [-0.25, -0.2) is 0 Å². The first-order valence-corrected chi connectivity index (χ1v) is 4.78. The molecule has 1 aromatic carbocycles. The van der Waals surface area contributed by atoms with E-state index in [9.17, 15) is 15.0 Å². The summed E-state index contributed by atoms with van der Waals surface area (Å²) in [6.45, 7) is 0. The van der Waals surface area contributed by atoms with Gasteiger partial charge in [0.25, 0.3) is 0 Å². The van der Waals surface area contributed by atoms with E-state index in [2.05, 4.69) is 0 Å². The second-order valence-corrected chi connectivity index (χ2v) is 3.67. The number of carbonyl (C=O) groups excluding carboxylic acids is 1. The van der Waals surface area contributed by atoms with Gasteiger partial charge in [0.05, 0.1) is 12.5 Å². The molecule has 0 saturated carbocycles. The highest BCUT2D eigenvalue weighted by Gasteiger charge is 2.20. The van der Waals surface area contributed by atoms with Gasteiger partial charge in [-0.15, -0.1) is 0 Å². The minimum absolute atomic E-state index is 0.284. The summed E-state index contributed by atoms with van der Waals surface area (Å²) in [5, 5.41) is 19.5. The summed E-state index contributed by atoms with van der Waals surface area (Å²) >= 11 is 5.71. The van der Waals surface area contributed by atoms with Gasteiger partial charge in [0, 0.05) is 5.02 Å². The number of primary amides is 1. The Hall–Kier alpha value is -1.10. The average Bonchev–Trinajstić information content (AvgIpc) is 2.15. The largest absolute Gasteiger partial charge is 0.390 e. The lowest BCUT2D eigenvalue weighted by Crippen LogP contribution is -2.25. The van der Waals surface area contributed by atoms with Crippen LogP contribution in [0.4, 0.5) is 0 Å². The summed E-state index contributed by atoms with van der Waals surface area (Å²) in [7, 11) is 0. The molecule has 0 aliphatic heterocycles. The fraction of sp³-hybridized carbons (Fsp3) is 0.300. The zero-order chi connectivity index (χ0) is 11.4. The number of nitrogens with two attached hydrogens (primary N) is 1. The van der Waals surface area contributed by atoms with Crippen LogP contribution in [0.5, 0.6) is 0 Å². The first-order valence-electron chi connectivity index (χ1n) is 4.40. The van der Waals surface area contributed by atoms with Crippen LogP contribution in [0.25, 0.3) is 0 Å². The number of hydrogen-bond donors (Lipinski definition) is 3. The average molecular weight is 230 g/mol. The maximum absolute atomic E-state index is 10.5. The Kier molecular flexibility index (Phi) is 4.08. The lowest BCUT2D eigenvalue weighted by Gasteiger charge is -2.16. The number of aliphatic hydroxyl groups excluding tert-OH is 2. The van der Waals surface area contributed by atoms with Gasteiger partial charge in [0.1, 0.15) is 6.10 Å². The Bertz CT molecular complexity index is 356. The molecule has 0 radical (unpaired) electrons. The van der Waals surface area contributed by atoms with Crippen molar-refractivity contribution in [3.8, 4) is 0 Å². The van der Waals surface area contributed by atoms with E-state index in [0.29, 0.717) is 10.6 Å². The summed E-state index contributed by atoms with van der Waals surface area (Å²) in [5.41, 5.74) is 5.36. The SMILES string of the molecule is NC(=O)CC(O)C(O)c1cccc(Cl)c1. The van der Waals surface area contributed by atoms with Gasteiger partial charge < -0.3 is 15.9 Å². The quantitative estimate of drug-likeness (QED) is 0.707. The lowest BCUT2D eigenvalue weighted by molar-refractivity contribution is -0.121. The predicted molar refractivity (Wildman–Crippen MR) is 56.2 cm³/mol. The summed E-state index contributed by atoms with van der Waals surface area (Å²) < 4.78 is 0. The van der Waals surface area contributed by atoms with Crippen molar-refractivity contribution in [2.45, 2.75) is 18.6 Å². The highest BCUT2D eigenvalue weighted by Crippen LogP contribution is 2.21. The third kappa shape index (κ3) is 3.51. The highest BCUT2D eigenvalue weighted by molar-refractivity contribution is 6.30. The molecule has 0 aliphatic carbocycles. The van der Waals surface area contributed by atoms with Crippen molar-refractivity contribution in [2.75, 3.05) is 0 Å². The molecule has 1 rings (SSSR count). The standard InChI is InChI=1S/C10H12ClNO3/c11-7-3-1-2-6(4-7)10(15)8(13)5-9(12)14/h1-4,8,10,13,15H,5H2,(H2,12,14). The van der Waals surface area contributed by atoms with Gasteiger partial charge in [-0.3, -0.25) is 4.79 Å². The van der Waals surface area contributed by atoms with E-state index in [4.69, 9.17) is 17.3 Å². The molecule has 0 aliphatic rings. The van der Waals surface area contributed by atoms with Crippen LogP contribution >= 0.6 is 11.6 Å². The number of aliphatic hydroxyl groups is 2. The molecule has 1 amide bonds. The molecule has 2 atom stereocenters. The van der Waals surface area contributed by atoms with E-state index < -0.39 is 18.1 Å². The van der Waals surface area contributed by atoms with Crippen LogP contribution in [0.3, 0.4) is 0 Å². The van der Waals surface area contributed by atoms with Crippen molar-refractivity contribution in [1.82, 2.24) is 0 Å². The Morgan fingerprint density at radius 3 is 2.67 bits per heavy atom. The van der Waals surface area contributed by atoms with Crippen LogP contribution in [0.15, 0.2) is 24.3 Å². The minimum atomic E-state index is -1.21. The van der Waals surface area contributed by atoms with E-state index in [-0.39, 0.29) is 6.42 Å². The Balaban J connectivity index is 2.75.